The molecule has 1 aliphatic rings. The van der Waals surface area contributed by atoms with Crippen molar-refractivity contribution in [2.24, 2.45) is 0 Å². The molecule has 1 aliphatic heterocycles. The van der Waals surface area contributed by atoms with Crippen LogP contribution in [0.1, 0.15) is 24.4 Å². The summed E-state index contributed by atoms with van der Waals surface area (Å²) in [4.78, 5) is 22.3. The molecule has 1 atom stereocenters. The highest BCUT2D eigenvalue weighted by Gasteiger charge is 2.25. The van der Waals surface area contributed by atoms with E-state index in [4.69, 9.17) is 0 Å². The summed E-state index contributed by atoms with van der Waals surface area (Å²) >= 11 is 0. The first-order chi connectivity index (χ1) is 7.15. The lowest BCUT2D eigenvalue weighted by molar-refractivity contribution is -0.132. The lowest BCUT2D eigenvalue weighted by Gasteiger charge is -2.22. The number of piperidine rings is 1. The van der Waals surface area contributed by atoms with Crippen LogP contribution in [0.15, 0.2) is 24.3 Å². The van der Waals surface area contributed by atoms with Crippen molar-refractivity contribution in [3.8, 4) is 0 Å². The smallest absolute Gasteiger partial charge is 0.227 e. The Labute approximate surface area is 86.3 Å². The highest BCUT2D eigenvalue weighted by Crippen LogP contribution is 2.21. The standard InChI is InChI=1S/C11H10FNO2/c12-8-3-1-7(2-4-8)10-5-9(14)6-11(15)13-10/h1-4,10H,5-6H2,(H,13,15)/t10-/m0/s1. The Morgan fingerprint density at radius 3 is 2.47 bits per heavy atom. The van der Waals surface area contributed by atoms with E-state index in [2.05, 4.69) is 5.32 Å². The van der Waals surface area contributed by atoms with Crippen LogP contribution in [-0.2, 0) is 9.59 Å². The molecule has 2 rings (SSSR count). The number of halogens is 1. The SMILES string of the molecule is O=C1CC(=O)N[C@H](c2ccc(F)cc2)C1. The molecular formula is C11H10FNO2. The van der Waals surface area contributed by atoms with Gasteiger partial charge in [-0.1, -0.05) is 12.1 Å². The fourth-order valence-electron chi connectivity index (χ4n) is 1.67. The summed E-state index contributed by atoms with van der Waals surface area (Å²) < 4.78 is 12.7. The van der Waals surface area contributed by atoms with Crippen molar-refractivity contribution in [3.63, 3.8) is 0 Å². The quantitative estimate of drug-likeness (QED) is 0.706. The zero-order valence-electron chi connectivity index (χ0n) is 8.00. The molecule has 0 unspecified atom stereocenters. The van der Waals surface area contributed by atoms with Gasteiger partial charge in [-0.25, -0.2) is 4.39 Å². The summed E-state index contributed by atoms with van der Waals surface area (Å²) in [6.07, 6.45) is 0.245. The van der Waals surface area contributed by atoms with E-state index in [1.54, 1.807) is 12.1 Å². The average Bonchev–Trinajstić information content (AvgIpc) is 2.17. The van der Waals surface area contributed by atoms with E-state index < -0.39 is 0 Å². The largest absolute Gasteiger partial charge is 0.348 e. The molecule has 78 valence electrons. The van der Waals surface area contributed by atoms with Crippen molar-refractivity contribution in [2.45, 2.75) is 18.9 Å². The van der Waals surface area contributed by atoms with Gasteiger partial charge in [-0.2, -0.15) is 0 Å². The molecule has 15 heavy (non-hydrogen) atoms. The molecule has 1 fully saturated rings. The maximum absolute atomic E-state index is 12.7. The zero-order chi connectivity index (χ0) is 10.8. The fourth-order valence-corrected chi connectivity index (χ4v) is 1.67. The predicted molar refractivity (Wildman–Crippen MR) is 51.5 cm³/mol. The fraction of sp³-hybridized carbons (Fsp3) is 0.273. The highest BCUT2D eigenvalue weighted by molar-refractivity contribution is 6.00. The van der Waals surface area contributed by atoms with Crippen LogP contribution in [0.4, 0.5) is 4.39 Å². The first-order valence-corrected chi connectivity index (χ1v) is 4.71. The van der Waals surface area contributed by atoms with Crippen molar-refractivity contribution in [1.29, 1.82) is 0 Å². The van der Waals surface area contributed by atoms with Gasteiger partial charge in [0.25, 0.3) is 0 Å². The Bertz CT molecular complexity index is 384. The van der Waals surface area contributed by atoms with Gasteiger partial charge in [-0.3, -0.25) is 9.59 Å². The number of hydrogen-bond acceptors (Lipinski definition) is 2. The number of amides is 1. The molecular weight excluding hydrogens is 197 g/mol. The van der Waals surface area contributed by atoms with Gasteiger partial charge in [0.1, 0.15) is 11.6 Å². The molecule has 0 spiro atoms. The second-order valence-electron chi connectivity index (χ2n) is 3.59. The van der Waals surface area contributed by atoms with Crippen molar-refractivity contribution in [2.75, 3.05) is 0 Å². The highest BCUT2D eigenvalue weighted by atomic mass is 19.1. The number of ketones is 1. The summed E-state index contributed by atoms with van der Waals surface area (Å²) in [6, 6.07) is 5.50. The van der Waals surface area contributed by atoms with Gasteiger partial charge in [-0.15, -0.1) is 0 Å². The second-order valence-corrected chi connectivity index (χ2v) is 3.59. The van der Waals surface area contributed by atoms with Crippen molar-refractivity contribution in [1.82, 2.24) is 5.32 Å². The third kappa shape index (κ3) is 2.21. The molecule has 1 aromatic rings. The Hall–Kier alpha value is -1.71. The molecule has 1 amide bonds. The number of nitrogens with one attached hydrogen (secondary N) is 1. The van der Waals surface area contributed by atoms with Crippen LogP contribution < -0.4 is 5.32 Å². The Balaban J connectivity index is 2.19. The van der Waals surface area contributed by atoms with Crippen LogP contribution >= 0.6 is 0 Å². The summed E-state index contributed by atoms with van der Waals surface area (Å²) in [5, 5.41) is 2.70. The normalized spacial score (nSPS) is 21.3. The van der Waals surface area contributed by atoms with E-state index >= 15 is 0 Å². The Kier molecular flexibility index (Phi) is 2.49. The average molecular weight is 207 g/mol. The maximum atomic E-state index is 12.7. The molecule has 1 heterocycles. The van der Waals surface area contributed by atoms with Gasteiger partial charge in [0, 0.05) is 6.42 Å². The topological polar surface area (TPSA) is 46.2 Å². The number of rotatable bonds is 1. The minimum atomic E-state index is -0.327. The van der Waals surface area contributed by atoms with E-state index in [9.17, 15) is 14.0 Å². The van der Waals surface area contributed by atoms with Gasteiger partial charge in [0.2, 0.25) is 5.91 Å². The summed E-state index contributed by atoms with van der Waals surface area (Å²) in [6.45, 7) is 0. The monoisotopic (exact) mass is 207 g/mol. The first kappa shape index (κ1) is 9.83. The maximum Gasteiger partial charge on any atom is 0.227 e. The minimum absolute atomic E-state index is 0.0440. The van der Waals surface area contributed by atoms with E-state index in [1.807, 2.05) is 0 Å². The van der Waals surface area contributed by atoms with Crippen LogP contribution in [0, 0.1) is 5.82 Å². The molecule has 1 N–H and O–H groups in total. The van der Waals surface area contributed by atoms with Crippen molar-refractivity contribution in [3.05, 3.63) is 35.6 Å². The van der Waals surface area contributed by atoms with E-state index in [0.717, 1.165) is 5.56 Å². The third-order valence-electron chi connectivity index (χ3n) is 2.40. The number of Topliss-reactive ketones (excluding diaryl/α,β-unsaturated/α-hetero) is 1. The van der Waals surface area contributed by atoms with Crippen LogP contribution in [0.3, 0.4) is 0 Å². The van der Waals surface area contributed by atoms with Crippen molar-refractivity contribution < 1.29 is 14.0 Å². The molecule has 0 aliphatic carbocycles. The van der Waals surface area contributed by atoms with Crippen LogP contribution in [0.25, 0.3) is 0 Å². The summed E-state index contributed by atoms with van der Waals surface area (Å²) in [5.74, 6) is -0.666. The molecule has 0 radical (unpaired) electrons. The number of hydrogen-bond donors (Lipinski definition) is 1. The lowest BCUT2D eigenvalue weighted by Crippen LogP contribution is -2.36. The summed E-state index contributed by atoms with van der Waals surface area (Å²) in [5.41, 5.74) is 0.762. The van der Waals surface area contributed by atoms with Crippen molar-refractivity contribution >= 4 is 11.7 Å². The molecule has 3 nitrogen and oxygen atoms in total. The van der Waals surface area contributed by atoms with Gasteiger partial charge in [0.15, 0.2) is 0 Å². The first-order valence-electron chi connectivity index (χ1n) is 4.71. The molecule has 1 aromatic carbocycles. The minimum Gasteiger partial charge on any atom is -0.348 e. The third-order valence-corrected chi connectivity index (χ3v) is 2.40. The van der Waals surface area contributed by atoms with E-state index in [0.29, 0.717) is 0 Å². The molecule has 0 saturated carbocycles. The molecule has 1 saturated heterocycles. The number of benzene rings is 1. The predicted octanol–water partition coefficient (Wildman–Crippen LogP) is 1.35. The van der Waals surface area contributed by atoms with Gasteiger partial charge in [0.05, 0.1) is 12.5 Å². The van der Waals surface area contributed by atoms with Crippen LogP contribution in [-0.4, -0.2) is 11.7 Å². The van der Waals surface area contributed by atoms with Crippen LogP contribution in [0.2, 0.25) is 0 Å². The number of carbonyl (C=O) groups excluding carboxylic acids is 2. The van der Waals surface area contributed by atoms with E-state index in [1.165, 1.54) is 12.1 Å². The van der Waals surface area contributed by atoms with Gasteiger partial charge < -0.3 is 5.32 Å². The Morgan fingerprint density at radius 1 is 1.20 bits per heavy atom. The molecule has 0 bridgehead atoms. The second kappa shape index (κ2) is 3.81. The Morgan fingerprint density at radius 2 is 1.87 bits per heavy atom. The van der Waals surface area contributed by atoms with Crippen LogP contribution in [0.5, 0.6) is 0 Å². The summed E-state index contributed by atoms with van der Waals surface area (Å²) in [7, 11) is 0. The van der Waals surface area contributed by atoms with Gasteiger partial charge in [-0.05, 0) is 17.7 Å². The molecule has 4 heteroatoms. The van der Waals surface area contributed by atoms with Gasteiger partial charge >= 0.3 is 0 Å². The lowest BCUT2D eigenvalue weighted by atomic mass is 9.96. The molecule has 0 aromatic heterocycles. The van der Waals surface area contributed by atoms with E-state index in [-0.39, 0.29) is 36.4 Å². The number of carbonyl (C=O) groups is 2. The zero-order valence-corrected chi connectivity index (χ0v) is 8.00.